The molecule has 0 radical (unpaired) electrons. The highest BCUT2D eigenvalue weighted by molar-refractivity contribution is 4.87. The second-order valence-corrected chi connectivity index (χ2v) is 2.91. The summed E-state index contributed by atoms with van der Waals surface area (Å²) in [6.45, 7) is 4.42. The van der Waals surface area contributed by atoms with Crippen molar-refractivity contribution in [3.63, 3.8) is 0 Å². The molecule has 0 aliphatic carbocycles. The topological polar surface area (TPSA) is 0 Å². The van der Waals surface area contributed by atoms with Crippen molar-refractivity contribution < 1.29 is 4.48 Å². The van der Waals surface area contributed by atoms with Crippen molar-refractivity contribution in [2.75, 3.05) is 20.1 Å². The average molecular weight is 124 g/mol. The number of rotatable bonds is 0. The fourth-order valence-electron chi connectivity index (χ4n) is 1.42. The molecule has 9 heavy (non-hydrogen) atoms. The molecular formula is C8H14N+. The van der Waals surface area contributed by atoms with Crippen molar-refractivity contribution in [1.82, 2.24) is 0 Å². The van der Waals surface area contributed by atoms with Gasteiger partial charge in [0.15, 0.2) is 0 Å². The summed E-state index contributed by atoms with van der Waals surface area (Å²) in [5, 5.41) is 0. The molecule has 0 aromatic rings. The van der Waals surface area contributed by atoms with Crippen LogP contribution in [0.15, 0.2) is 0 Å². The van der Waals surface area contributed by atoms with Gasteiger partial charge in [-0.25, -0.2) is 4.48 Å². The second kappa shape index (κ2) is 2.41. The lowest BCUT2D eigenvalue weighted by atomic mass is 10.4. The van der Waals surface area contributed by atoms with E-state index in [1.165, 1.54) is 25.9 Å². The van der Waals surface area contributed by atoms with E-state index in [9.17, 15) is 0 Å². The van der Waals surface area contributed by atoms with Gasteiger partial charge in [0.25, 0.3) is 0 Å². The number of hydrogen-bond acceptors (Lipinski definition) is 0. The zero-order chi connectivity index (χ0) is 6.74. The Labute approximate surface area is 57.3 Å². The molecule has 1 heterocycles. The van der Waals surface area contributed by atoms with Crippen LogP contribution in [0.25, 0.3) is 0 Å². The van der Waals surface area contributed by atoms with Crippen LogP contribution in [0.4, 0.5) is 0 Å². The molecule has 0 amide bonds. The zero-order valence-corrected chi connectivity index (χ0v) is 6.28. The van der Waals surface area contributed by atoms with Crippen LogP contribution in [-0.4, -0.2) is 24.6 Å². The molecule has 0 unspecified atom stereocenters. The first-order valence-corrected chi connectivity index (χ1v) is 3.55. The molecule has 0 spiro atoms. The van der Waals surface area contributed by atoms with Crippen LogP contribution in [0.1, 0.15) is 19.8 Å². The Morgan fingerprint density at radius 3 is 2.22 bits per heavy atom. The van der Waals surface area contributed by atoms with Gasteiger partial charge in [0, 0.05) is 19.8 Å². The van der Waals surface area contributed by atoms with Crippen LogP contribution in [0.3, 0.4) is 0 Å². The highest BCUT2D eigenvalue weighted by Gasteiger charge is 2.24. The monoisotopic (exact) mass is 124 g/mol. The molecular weight excluding hydrogens is 110 g/mol. The van der Waals surface area contributed by atoms with Gasteiger partial charge in [-0.3, -0.25) is 0 Å². The molecule has 1 aliphatic heterocycles. The van der Waals surface area contributed by atoms with Gasteiger partial charge in [0.05, 0.1) is 20.1 Å². The summed E-state index contributed by atoms with van der Waals surface area (Å²) in [6, 6.07) is 3.21. The lowest BCUT2D eigenvalue weighted by molar-refractivity contribution is -0.830. The summed E-state index contributed by atoms with van der Waals surface area (Å²) in [7, 11) is 2.21. The second-order valence-electron chi connectivity index (χ2n) is 2.91. The predicted molar refractivity (Wildman–Crippen MR) is 38.6 cm³/mol. The van der Waals surface area contributed by atoms with Gasteiger partial charge in [-0.05, 0) is 5.92 Å². The molecule has 0 aromatic heterocycles. The molecule has 1 rings (SSSR count). The van der Waals surface area contributed by atoms with Gasteiger partial charge in [-0.2, -0.15) is 0 Å². The van der Waals surface area contributed by atoms with E-state index >= 15 is 0 Å². The van der Waals surface area contributed by atoms with Crippen molar-refractivity contribution in [3.8, 4) is 12.0 Å². The van der Waals surface area contributed by atoms with Gasteiger partial charge in [0.2, 0.25) is 0 Å². The number of nitrogens with zero attached hydrogens (tertiary/aromatic N) is 1. The standard InChI is InChI=1S/C8H14N/c1-3-6-9(2)7-4-5-8-9/h4-5,7-8H2,1-2H3/q+1. The lowest BCUT2D eigenvalue weighted by Crippen LogP contribution is -2.34. The first-order chi connectivity index (χ1) is 4.27. The first-order valence-electron chi connectivity index (χ1n) is 3.55. The van der Waals surface area contributed by atoms with E-state index in [1.807, 2.05) is 6.92 Å². The van der Waals surface area contributed by atoms with Crippen LogP contribution in [0.5, 0.6) is 0 Å². The Balaban J connectivity index is 2.58. The Hall–Kier alpha value is -0.480. The molecule has 1 heteroatoms. The van der Waals surface area contributed by atoms with Gasteiger partial charge < -0.3 is 0 Å². The maximum atomic E-state index is 3.21. The van der Waals surface area contributed by atoms with E-state index in [0.717, 1.165) is 4.48 Å². The smallest absolute Gasteiger partial charge is 0.136 e. The SMILES string of the molecule is CC#C[N+]1(C)CCCC1. The number of quaternary nitrogens is 1. The van der Waals surface area contributed by atoms with Crippen LogP contribution in [0.2, 0.25) is 0 Å². The summed E-state index contributed by atoms with van der Waals surface area (Å²) in [5.41, 5.74) is 0. The molecule has 1 fully saturated rings. The summed E-state index contributed by atoms with van der Waals surface area (Å²) in [6.07, 6.45) is 2.70. The van der Waals surface area contributed by atoms with Crippen molar-refractivity contribution in [3.05, 3.63) is 0 Å². The number of likely N-dealkylation sites (tertiary alicyclic amines) is 1. The molecule has 0 saturated carbocycles. The van der Waals surface area contributed by atoms with Gasteiger partial charge in [-0.1, -0.05) is 0 Å². The predicted octanol–water partition coefficient (Wildman–Crippen LogP) is 1.21. The maximum absolute atomic E-state index is 3.21. The van der Waals surface area contributed by atoms with Gasteiger partial charge in [0.1, 0.15) is 6.04 Å². The molecule has 0 N–H and O–H groups in total. The largest absolute Gasteiger partial charge is 0.249 e. The van der Waals surface area contributed by atoms with Crippen LogP contribution >= 0.6 is 0 Å². The van der Waals surface area contributed by atoms with Crippen molar-refractivity contribution in [2.45, 2.75) is 19.8 Å². The van der Waals surface area contributed by atoms with E-state index in [0.29, 0.717) is 0 Å². The third-order valence-electron chi connectivity index (χ3n) is 1.93. The lowest BCUT2D eigenvalue weighted by Gasteiger charge is -2.18. The summed E-state index contributed by atoms with van der Waals surface area (Å²) in [5.74, 6) is 2.97. The van der Waals surface area contributed by atoms with Crippen molar-refractivity contribution >= 4 is 0 Å². The highest BCUT2D eigenvalue weighted by atomic mass is 15.3. The molecule has 50 valence electrons. The third-order valence-corrected chi connectivity index (χ3v) is 1.93. The van der Waals surface area contributed by atoms with E-state index in [-0.39, 0.29) is 0 Å². The molecule has 1 nitrogen and oxygen atoms in total. The Bertz CT molecular complexity index is 144. The van der Waals surface area contributed by atoms with Crippen LogP contribution in [-0.2, 0) is 0 Å². The van der Waals surface area contributed by atoms with Crippen LogP contribution < -0.4 is 0 Å². The summed E-state index contributed by atoms with van der Waals surface area (Å²) >= 11 is 0. The van der Waals surface area contributed by atoms with Crippen LogP contribution in [0, 0.1) is 12.0 Å². The zero-order valence-electron chi connectivity index (χ0n) is 6.28. The van der Waals surface area contributed by atoms with E-state index in [2.05, 4.69) is 19.0 Å². The molecule has 0 aromatic carbocycles. The summed E-state index contributed by atoms with van der Waals surface area (Å²) in [4.78, 5) is 0. The average Bonchev–Trinajstić information content (AvgIpc) is 2.16. The minimum absolute atomic E-state index is 0.983. The minimum atomic E-state index is 0.983. The van der Waals surface area contributed by atoms with Crippen molar-refractivity contribution in [2.24, 2.45) is 0 Å². The third kappa shape index (κ3) is 1.46. The molecule has 1 aliphatic rings. The van der Waals surface area contributed by atoms with Gasteiger partial charge >= 0.3 is 0 Å². The quantitative estimate of drug-likeness (QED) is 0.336. The van der Waals surface area contributed by atoms with E-state index < -0.39 is 0 Å². The fourth-order valence-corrected chi connectivity index (χ4v) is 1.42. The number of hydrogen-bond donors (Lipinski definition) is 0. The maximum Gasteiger partial charge on any atom is 0.136 e. The van der Waals surface area contributed by atoms with Crippen molar-refractivity contribution in [1.29, 1.82) is 0 Å². The van der Waals surface area contributed by atoms with E-state index in [4.69, 9.17) is 0 Å². The Kier molecular flexibility index (Phi) is 1.78. The molecule has 0 atom stereocenters. The Morgan fingerprint density at radius 2 is 1.78 bits per heavy atom. The minimum Gasteiger partial charge on any atom is -0.249 e. The van der Waals surface area contributed by atoms with Gasteiger partial charge in [-0.15, -0.1) is 0 Å². The normalized spacial score (nSPS) is 22.9. The Morgan fingerprint density at radius 1 is 1.22 bits per heavy atom. The first kappa shape index (κ1) is 6.64. The van der Waals surface area contributed by atoms with E-state index in [1.54, 1.807) is 0 Å². The summed E-state index contributed by atoms with van der Waals surface area (Å²) < 4.78 is 0.983. The molecule has 1 saturated heterocycles. The molecule has 0 bridgehead atoms. The highest BCUT2D eigenvalue weighted by Crippen LogP contribution is 2.13. The fraction of sp³-hybridized carbons (Fsp3) is 0.750.